The standard InChI is InChI=1S/C17H15BrN2O5/c1-10(17(23)24)19-16(22)14(9-13-3-2-8-25-13)20-15(21)11-4-6-12(18)7-5-11/h2-10H,1H3,(H,19,22)(H,20,21)(H,23,24)/p-1/b14-9-/t10-/m1/s1. The maximum atomic E-state index is 12.3. The molecule has 0 radical (unpaired) electrons. The minimum absolute atomic E-state index is 0.157. The predicted molar refractivity (Wildman–Crippen MR) is 90.9 cm³/mol. The van der Waals surface area contributed by atoms with Gasteiger partial charge in [0.05, 0.1) is 18.3 Å². The third-order valence-corrected chi connectivity index (χ3v) is 3.66. The van der Waals surface area contributed by atoms with Gasteiger partial charge in [0.15, 0.2) is 0 Å². The van der Waals surface area contributed by atoms with Crippen LogP contribution in [0.3, 0.4) is 0 Å². The summed E-state index contributed by atoms with van der Waals surface area (Å²) in [6, 6.07) is 8.49. The molecule has 0 unspecified atom stereocenters. The molecule has 0 aliphatic carbocycles. The van der Waals surface area contributed by atoms with Crippen LogP contribution in [-0.2, 0) is 9.59 Å². The molecule has 0 aliphatic heterocycles. The minimum atomic E-state index is -1.44. The Morgan fingerprint density at radius 1 is 1.20 bits per heavy atom. The first-order chi connectivity index (χ1) is 11.9. The van der Waals surface area contributed by atoms with Crippen LogP contribution in [0.2, 0.25) is 0 Å². The zero-order valence-electron chi connectivity index (χ0n) is 13.1. The van der Waals surface area contributed by atoms with Crippen LogP contribution >= 0.6 is 15.9 Å². The van der Waals surface area contributed by atoms with Gasteiger partial charge in [0.2, 0.25) is 0 Å². The van der Waals surface area contributed by atoms with E-state index in [0.29, 0.717) is 11.3 Å². The molecule has 0 spiro atoms. The van der Waals surface area contributed by atoms with E-state index in [0.717, 1.165) is 4.47 Å². The second kappa shape index (κ2) is 8.29. The SMILES string of the molecule is C[C@@H](NC(=O)/C(=C/c1ccco1)NC(=O)c1ccc(Br)cc1)C(=O)[O-]. The molecule has 0 saturated carbocycles. The summed E-state index contributed by atoms with van der Waals surface area (Å²) < 4.78 is 5.93. The molecule has 1 heterocycles. The fraction of sp³-hybridized carbons (Fsp3) is 0.118. The zero-order chi connectivity index (χ0) is 18.4. The van der Waals surface area contributed by atoms with Crippen LogP contribution in [0.5, 0.6) is 0 Å². The molecule has 1 aromatic heterocycles. The minimum Gasteiger partial charge on any atom is -0.548 e. The van der Waals surface area contributed by atoms with Crippen molar-refractivity contribution in [3.63, 3.8) is 0 Å². The summed E-state index contributed by atoms with van der Waals surface area (Å²) >= 11 is 3.27. The van der Waals surface area contributed by atoms with Crippen LogP contribution in [0.4, 0.5) is 0 Å². The number of halogens is 1. The van der Waals surface area contributed by atoms with E-state index in [1.807, 2.05) is 0 Å². The van der Waals surface area contributed by atoms with E-state index >= 15 is 0 Å². The van der Waals surface area contributed by atoms with E-state index in [-0.39, 0.29) is 5.70 Å². The van der Waals surface area contributed by atoms with Crippen molar-refractivity contribution in [2.75, 3.05) is 0 Å². The summed E-state index contributed by atoms with van der Waals surface area (Å²) in [4.78, 5) is 35.4. The Hall–Kier alpha value is -2.87. The number of aliphatic carboxylic acids is 1. The van der Waals surface area contributed by atoms with E-state index in [4.69, 9.17) is 4.42 Å². The van der Waals surface area contributed by atoms with Crippen molar-refractivity contribution >= 4 is 39.8 Å². The lowest BCUT2D eigenvalue weighted by molar-refractivity contribution is -0.307. The summed E-state index contributed by atoms with van der Waals surface area (Å²) in [7, 11) is 0. The molecule has 25 heavy (non-hydrogen) atoms. The number of carboxylic acids is 1. The van der Waals surface area contributed by atoms with Gasteiger partial charge in [0.1, 0.15) is 11.5 Å². The number of rotatable bonds is 6. The molecule has 0 aliphatic rings. The summed E-state index contributed by atoms with van der Waals surface area (Å²) in [6.45, 7) is 1.26. The van der Waals surface area contributed by atoms with Gasteiger partial charge in [0.25, 0.3) is 11.8 Å². The van der Waals surface area contributed by atoms with Crippen molar-refractivity contribution in [2.45, 2.75) is 13.0 Å². The van der Waals surface area contributed by atoms with E-state index in [2.05, 4.69) is 26.6 Å². The lowest BCUT2D eigenvalue weighted by Crippen LogP contribution is -2.48. The smallest absolute Gasteiger partial charge is 0.268 e. The van der Waals surface area contributed by atoms with Gasteiger partial charge in [-0.15, -0.1) is 0 Å². The van der Waals surface area contributed by atoms with Crippen LogP contribution in [0.1, 0.15) is 23.0 Å². The number of benzene rings is 1. The number of carboxylic acid groups (broad SMARTS) is 1. The fourth-order valence-electron chi connectivity index (χ4n) is 1.80. The Balaban J connectivity index is 2.22. The van der Waals surface area contributed by atoms with Gasteiger partial charge in [-0.05, 0) is 43.3 Å². The first-order valence-corrected chi connectivity index (χ1v) is 8.00. The Morgan fingerprint density at radius 3 is 2.44 bits per heavy atom. The van der Waals surface area contributed by atoms with Crippen molar-refractivity contribution in [3.05, 3.63) is 64.2 Å². The Bertz CT molecular complexity index is 797. The topological polar surface area (TPSA) is 111 Å². The van der Waals surface area contributed by atoms with E-state index < -0.39 is 23.8 Å². The zero-order valence-corrected chi connectivity index (χ0v) is 14.7. The third kappa shape index (κ3) is 5.32. The number of hydrogen-bond donors (Lipinski definition) is 2. The van der Waals surface area contributed by atoms with Crippen LogP contribution in [0.15, 0.2) is 57.2 Å². The average molecular weight is 406 g/mol. The number of carbonyl (C=O) groups excluding carboxylic acids is 3. The van der Waals surface area contributed by atoms with Gasteiger partial charge in [-0.2, -0.15) is 0 Å². The summed E-state index contributed by atoms with van der Waals surface area (Å²) in [5.74, 6) is -2.42. The third-order valence-electron chi connectivity index (χ3n) is 3.13. The van der Waals surface area contributed by atoms with Crippen molar-refractivity contribution in [1.29, 1.82) is 0 Å². The summed E-state index contributed by atoms with van der Waals surface area (Å²) in [6.07, 6.45) is 2.70. The molecule has 130 valence electrons. The first-order valence-electron chi connectivity index (χ1n) is 7.20. The Kier molecular flexibility index (Phi) is 6.13. The van der Waals surface area contributed by atoms with Gasteiger partial charge in [-0.1, -0.05) is 15.9 Å². The molecule has 2 rings (SSSR count). The quantitative estimate of drug-likeness (QED) is 0.698. The van der Waals surface area contributed by atoms with Crippen LogP contribution in [-0.4, -0.2) is 23.8 Å². The highest BCUT2D eigenvalue weighted by Crippen LogP contribution is 2.12. The molecule has 0 saturated heterocycles. The summed E-state index contributed by atoms with van der Waals surface area (Å²) in [5.41, 5.74) is 0.172. The largest absolute Gasteiger partial charge is 0.548 e. The molecule has 1 atom stereocenters. The molecule has 1 aromatic carbocycles. The fourth-order valence-corrected chi connectivity index (χ4v) is 2.07. The monoisotopic (exact) mass is 405 g/mol. The normalized spacial score (nSPS) is 12.3. The number of hydrogen-bond acceptors (Lipinski definition) is 5. The Morgan fingerprint density at radius 2 is 1.88 bits per heavy atom. The molecule has 2 amide bonds. The maximum Gasteiger partial charge on any atom is 0.268 e. The highest BCUT2D eigenvalue weighted by molar-refractivity contribution is 9.10. The van der Waals surface area contributed by atoms with E-state index in [9.17, 15) is 19.5 Å². The molecule has 8 heteroatoms. The van der Waals surface area contributed by atoms with Gasteiger partial charge in [-0.3, -0.25) is 9.59 Å². The number of furan rings is 1. The highest BCUT2D eigenvalue weighted by atomic mass is 79.9. The van der Waals surface area contributed by atoms with Crippen molar-refractivity contribution < 1.29 is 23.9 Å². The molecular formula is C17H14BrN2O5-. The molecule has 7 nitrogen and oxygen atoms in total. The summed E-state index contributed by atoms with van der Waals surface area (Å²) in [5, 5.41) is 15.5. The predicted octanol–water partition coefficient (Wildman–Crippen LogP) is 1.07. The highest BCUT2D eigenvalue weighted by Gasteiger charge is 2.17. The lowest BCUT2D eigenvalue weighted by Gasteiger charge is -2.16. The van der Waals surface area contributed by atoms with Crippen LogP contribution in [0.25, 0.3) is 6.08 Å². The maximum absolute atomic E-state index is 12.3. The van der Waals surface area contributed by atoms with Gasteiger partial charge in [0, 0.05) is 16.1 Å². The number of amides is 2. The van der Waals surface area contributed by atoms with Crippen molar-refractivity contribution in [2.24, 2.45) is 0 Å². The average Bonchev–Trinajstić information content (AvgIpc) is 3.07. The van der Waals surface area contributed by atoms with E-state index in [1.165, 1.54) is 19.3 Å². The second-order valence-electron chi connectivity index (χ2n) is 5.05. The van der Waals surface area contributed by atoms with Crippen LogP contribution in [0, 0.1) is 0 Å². The first kappa shape index (κ1) is 18.5. The Labute approximate surface area is 151 Å². The number of nitrogens with one attached hydrogen (secondary N) is 2. The molecule has 2 aromatic rings. The van der Waals surface area contributed by atoms with Crippen LogP contribution < -0.4 is 15.7 Å². The van der Waals surface area contributed by atoms with Gasteiger partial charge >= 0.3 is 0 Å². The molecule has 2 N–H and O–H groups in total. The lowest BCUT2D eigenvalue weighted by atomic mass is 10.2. The number of carbonyl (C=O) groups is 3. The van der Waals surface area contributed by atoms with Gasteiger partial charge < -0.3 is 25.0 Å². The molecule has 0 fully saturated rings. The molecule has 0 bridgehead atoms. The van der Waals surface area contributed by atoms with Crippen molar-refractivity contribution in [1.82, 2.24) is 10.6 Å². The molecular weight excluding hydrogens is 392 g/mol. The van der Waals surface area contributed by atoms with Gasteiger partial charge in [-0.25, -0.2) is 0 Å². The second-order valence-corrected chi connectivity index (χ2v) is 5.96. The van der Waals surface area contributed by atoms with E-state index in [1.54, 1.807) is 36.4 Å². The van der Waals surface area contributed by atoms with Crippen molar-refractivity contribution in [3.8, 4) is 0 Å².